The van der Waals surface area contributed by atoms with Crippen LogP contribution in [-0.2, 0) is 38.0 Å². The molecule has 366 valence electrons. The summed E-state index contributed by atoms with van der Waals surface area (Å²) in [6, 6.07) is 0. The third-order valence-electron chi connectivity index (χ3n) is 10.5. The molecule has 0 bridgehead atoms. The zero-order valence-electron chi connectivity index (χ0n) is 41.1. The number of nitrogens with zero attached hydrogens (tertiary/aromatic N) is 1. The number of unbranched alkanes of at least 4 members (excludes halogenated alkanes) is 14. The Labute approximate surface area is 386 Å². The zero-order valence-corrected chi connectivity index (χ0v) is 41.1. The monoisotopic (exact) mass is 890 g/mol. The van der Waals surface area contributed by atoms with E-state index >= 15 is 0 Å². The van der Waals surface area contributed by atoms with Crippen LogP contribution in [0.3, 0.4) is 0 Å². The van der Waals surface area contributed by atoms with Crippen LogP contribution in [-0.4, -0.2) is 89.1 Å². The van der Waals surface area contributed by atoms with Gasteiger partial charge in [0, 0.05) is 32.6 Å². The van der Waals surface area contributed by atoms with E-state index in [2.05, 4.69) is 69.4 Å². The lowest BCUT2D eigenvalue weighted by molar-refractivity contribution is -0.159. The Bertz CT molecular complexity index is 1130. The van der Waals surface area contributed by atoms with Gasteiger partial charge in [-0.25, -0.2) is 4.79 Å². The minimum atomic E-state index is -0.658. The quantitative estimate of drug-likeness (QED) is 0.0193. The summed E-state index contributed by atoms with van der Waals surface area (Å²) in [5, 5.41) is 0. The van der Waals surface area contributed by atoms with Crippen LogP contribution in [0.4, 0.5) is 4.79 Å². The molecule has 1 unspecified atom stereocenters. The molecule has 0 aliphatic rings. The third kappa shape index (κ3) is 46.8. The summed E-state index contributed by atoms with van der Waals surface area (Å²) >= 11 is 0. The highest BCUT2D eigenvalue weighted by atomic mass is 16.7. The maximum Gasteiger partial charge on any atom is 0.508 e. The Balaban J connectivity index is 4.51. The number of ether oxygens (including phenoxy) is 6. The van der Waals surface area contributed by atoms with Crippen LogP contribution < -0.4 is 0 Å². The molecule has 0 saturated heterocycles. The summed E-state index contributed by atoms with van der Waals surface area (Å²) in [6.07, 6.45) is 43.4. The molecular formula is C53H95NO9. The first-order valence-electron chi connectivity index (χ1n) is 25.4. The second kappa shape index (κ2) is 48.5. The fourth-order valence-electron chi connectivity index (χ4n) is 6.69. The van der Waals surface area contributed by atoms with Gasteiger partial charge >= 0.3 is 18.1 Å². The molecule has 0 aliphatic carbocycles. The largest absolute Gasteiger partial charge is 0.508 e. The van der Waals surface area contributed by atoms with Crippen molar-refractivity contribution in [2.24, 2.45) is 0 Å². The van der Waals surface area contributed by atoms with Crippen molar-refractivity contribution >= 4 is 18.1 Å². The second-order valence-corrected chi connectivity index (χ2v) is 16.9. The highest BCUT2D eigenvalue weighted by Gasteiger charge is 2.17. The van der Waals surface area contributed by atoms with Crippen LogP contribution in [0, 0.1) is 0 Å². The summed E-state index contributed by atoms with van der Waals surface area (Å²) in [5.74, 6) is -0.405. The lowest BCUT2D eigenvalue weighted by Gasteiger charge is -2.19. The van der Waals surface area contributed by atoms with E-state index in [9.17, 15) is 14.4 Å². The normalized spacial score (nSPS) is 12.5. The predicted octanol–water partition coefficient (Wildman–Crippen LogP) is 14.1. The van der Waals surface area contributed by atoms with Crippen molar-refractivity contribution in [3.8, 4) is 0 Å². The number of carbonyl (C=O) groups excluding carboxylic acids is 3. The first-order chi connectivity index (χ1) is 30.8. The van der Waals surface area contributed by atoms with Gasteiger partial charge in [-0.15, -0.1) is 0 Å². The molecule has 0 aromatic carbocycles. The number of rotatable bonds is 46. The maximum atomic E-state index is 12.7. The molecule has 1 atom stereocenters. The van der Waals surface area contributed by atoms with Crippen molar-refractivity contribution in [2.75, 3.05) is 53.7 Å². The fourth-order valence-corrected chi connectivity index (χ4v) is 6.69. The molecule has 0 N–H and O–H groups in total. The van der Waals surface area contributed by atoms with Gasteiger partial charge in [0.15, 0.2) is 6.29 Å². The molecule has 0 aromatic heterocycles. The number of allylic oxidation sites excluding steroid dienone is 8. The molecule has 0 saturated carbocycles. The van der Waals surface area contributed by atoms with Gasteiger partial charge in [-0.05, 0) is 149 Å². The summed E-state index contributed by atoms with van der Waals surface area (Å²) in [4.78, 5) is 39.5. The van der Waals surface area contributed by atoms with E-state index < -0.39 is 12.4 Å². The highest BCUT2D eigenvalue weighted by molar-refractivity contribution is 5.69. The van der Waals surface area contributed by atoms with E-state index in [1.54, 1.807) is 0 Å². The Morgan fingerprint density at radius 2 is 0.937 bits per heavy atom. The van der Waals surface area contributed by atoms with Gasteiger partial charge in [0.05, 0.1) is 26.2 Å². The molecule has 0 rings (SSSR count). The molecule has 0 amide bonds. The Morgan fingerprint density at radius 1 is 0.460 bits per heavy atom. The van der Waals surface area contributed by atoms with Gasteiger partial charge < -0.3 is 33.3 Å². The Hall–Kier alpha value is -2.95. The van der Waals surface area contributed by atoms with Crippen LogP contribution in [0.25, 0.3) is 0 Å². The average Bonchev–Trinajstić information content (AvgIpc) is 3.26. The minimum Gasteiger partial charge on any atom is -0.466 e. The molecule has 0 spiro atoms. The van der Waals surface area contributed by atoms with E-state index in [4.69, 9.17) is 28.4 Å². The van der Waals surface area contributed by atoms with Crippen LogP contribution in [0.15, 0.2) is 48.6 Å². The SMILES string of the molecule is CC/C=C\CCCCOC(CCC(=O)OCCCCC(CCCCOC(=O)CCCCCCC/C=C\C/C=C\CCCCC)OC(=O)OCCCN(C)C)OCCCC/C=C\CC. The van der Waals surface area contributed by atoms with E-state index in [-0.39, 0.29) is 24.5 Å². The number of carbonyl (C=O) groups is 3. The second-order valence-electron chi connectivity index (χ2n) is 16.9. The highest BCUT2D eigenvalue weighted by Crippen LogP contribution is 2.16. The Kier molecular flexibility index (Phi) is 46.2. The zero-order chi connectivity index (χ0) is 46.1. The van der Waals surface area contributed by atoms with Crippen LogP contribution in [0.2, 0.25) is 0 Å². The fraction of sp³-hybridized carbons (Fsp3) is 0.792. The summed E-state index contributed by atoms with van der Waals surface area (Å²) < 4.78 is 34.2. The van der Waals surface area contributed by atoms with E-state index in [1.165, 1.54) is 38.5 Å². The molecule has 0 heterocycles. The smallest absolute Gasteiger partial charge is 0.466 e. The number of hydrogen-bond donors (Lipinski definition) is 0. The van der Waals surface area contributed by atoms with Gasteiger partial charge in [-0.2, -0.15) is 0 Å². The standard InChI is InChI=1S/C53H95NO9/c1-6-9-12-15-18-19-20-21-22-23-24-25-26-27-30-40-50(55)58-44-35-31-38-49(63-53(57)62-48-37-43-54(4)5)39-32-36-45-59-51(56)41-42-52(60-46-33-28-16-13-10-7-2)61-47-34-29-17-14-11-8-3/h10-11,13-14,18-19,21-22,49,52H,6-9,12,15-17,20,23-48H2,1-5H3/b13-10-,14-11-,19-18-,22-21-. The molecule has 10 heteroatoms. The van der Waals surface area contributed by atoms with Gasteiger partial charge in [-0.3, -0.25) is 9.59 Å². The van der Waals surface area contributed by atoms with Crippen molar-refractivity contribution < 1.29 is 42.8 Å². The molecule has 0 aliphatic heterocycles. The average molecular weight is 890 g/mol. The van der Waals surface area contributed by atoms with Gasteiger partial charge in [0.25, 0.3) is 0 Å². The number of esters is 2. The van der Waals surface area contributed by atoms with Crippen molar-refractivity contribution in [2.45, 2.75) is 219 Å². The molecule has 0 aromatic rings. The van der Waals surface area contributed by atoms with Crippen LogP contribution in [0.1, 0.15) is 207 Å². The van der Waals surface area contributed by atoms with Crippen LogP contribution >= 0.6 is 0 Å². The molecular weight excluding hydrogens is 795 g/mol. The third-order valence-corrected chi connectivity index (χ3v) is 10.5. The van der Waals surface area contributed by atoms with E-state index in [1.807, 2.05) is 19.0 Å². The topological polar surface area (TPSA) is 110 Å². The predicted molar refractivity (Wildman–Crippen MR) is 260 cm³/mol. The number of hydrogen-bond acceptors (Lipinski definition) is 10. The van der Waals surface area contributed by atoms with Gasteiger partial charge in [-0.1, -0.05) is 101 Å². The molecule has 63 heavy (non-hydrogen) atoms. The van der Waals surface area contributed by atoms with Crippen molar-refractivity contribution in [1.82, 2.24) is 4.90 Å². The van der Waals surface area contributed by atoms with Gasteiger partial charge in [0.1, 0.15) is 6.10 Å². The van der Waals surface area contributed by atoms with Crippen molar-refractivity contribution in [3.63, 3.8) is 0 Å². The van der Waals surface area contributed by atoms with Gasteiger partial charge in [0.2, 0.25) is 0 Å². The summed E-state index contributed by atoms with van der Waals surface area (Å²) in [6.45, 7) is 9.50. The van der Waals surface area contributed by atoms with E-state index in [0.717, 1.165) is 109 Å². The molecule has 10 nitrogen and oxygen atoms in total. The lowest BCUT2D eigenvalue weighted by atomic mass is 10.1. The van der Waals surface area contributed by atoms with Crippen molar-refractivity contribution in [1.29, 1.82) is 0 Å². The maximum absolute atomic E-state index is 12.7. The van der Waals surface area contributed by atoms with E-state index in [0.29, 0.717) is 71.6 Å². The van der Waals surface area contributed by atoms with Crippen molar-refractivity contribution in [3.05, 3.63) is 48.6 Å². The lowest BCUT2D eigenvalue weighted by Crippen LogP contribution is -2.22. The molecule has 0 radical (unpaired) electrons. The summed E-state index contributed by atoms with van der Waals surface area (Å²) in [5.41, 5.74) is 0. The summed E-state index contributed by atoms with van der Waals surface area (Å²) in [7, 11) is 3.96. The Morgan fingerprint density at radius 3 is 1.49 bits per heavy atom. The van der Waals surface area contributed by atoms with Crippen LogP contribution in [0.5, 0.6) is 0 Å². The first kappa shape index (κ1) is 60.1. The first-order valence-corrected chi connectivity index (χ1v) is 25.4. The minimum absolute atomic E-state index is 0.142. The molecule has 0 fully saturated rings.